The highest BCUT2D eigenvalue weighted by atomic mass is 16.1. The van der Waals surface area contributed by atoms with Crippen LogP contribution in [0.25, 0.3) is 10.9 Å². The van der Waals surface area contributed by atoms with E-state index in [1.807, 2.05) is 45.0 Å². The summed E-state index contributed by atoms with van der Waals surface area (Å²) in [5, 5.41) is 3.76. The van der Waals surface area contributed by atoms with Crippen molar-refractivity contribution in [2.75, 3.05) is 0 Å². The molecular formula is C16H20N2O2. The molecule has 0 radical (unpaired) electrons. The molecule has 0 spiro atoms. The van der Waals surface area contributed by atoms with Gasteiger partial charge >= 0.3 is 0 Å². The van der Waals surface area contributed by atoms with Gasteiger partial charge in [-0.15, -0.1) is 0 Å². The molecule has 20 heavy (non-hydrogen) atoms. The average molecular weight is 272 g/mol. The monoisotopic (exact) mass is 272 g/mol. The molecule has 2 aromatic rings. The number of nitrogens with one attached hydrogen (secondary N) is 2. The maximum Gasteiger partial charge on any atom is 0.253 e. The molecular weight excluding hydrogens is 252 g/mol. The lowest BCUT2D eigenvalue weighted by Crippen LogP contribution is -2.27. The Morgan fingerprint density at radius 1 is 1.30 bits per heavy atom. The van der Waals surface area contributed by atoms with Crippen molar-refractivity contribution in [3.05, 3.63) is 45.7 Å². The number of aryl methyl sites for hydroxylation is 1. The van der Waals surface area contributed by atoms with Gasteiger partial charge in [0.05, 0.1) is 0 Å². The van der Waals surface area contributed by atoms with Gasteiger partial charge in [0, 0.05) is 24.0 Å². The summed E-state index contributed by atoms with van der Waals surface area (Å²) in [5.74, 6) is 0.288. The fourth-order valence-corrected chi connectivity index (χ4v) is 2.13. The van der Waals surface area contributed by atoms with Gasteiger partial charge in [-0.1, -0.05) is 26.0 Å². The molecule has 0 unspecified atom stereocenters. The number of aromatic amines is 1. The second-order valence-electron chi connectivity index (χ2n) is 5.59. The number of rotatable bonds is 4. The zero-order chi connectivity index (χ0) is 14.7. The normalized spacial score (nSPS) is 11.0. The lowest BCUT2D eigenvalue weighted by Gasteiger charge is -2.08. The van der Waals surface area contributed by atoms with E-state index < -0.39 is 0 Å². The highest BCUT2D eigenvalue weighted by molar-refractivity contribution is 5.80. The van der Waals surface area contributed by atoms with Crippen molar-refractivity contribution in [1.82, 2.24) is 10.3 Å². The number of fused-ring (bicyclic) bond motifs is 1. The molecule has 0 saturated carbocycles. The van der Waals surface area contributed by atoms with Crippen molar-refractivity contribution in [1.29, 1.82) is 0 Å². The molecule has 4 nitrogen and oxygen atoms in total. The summed E-state index contributed by atoms with van der Waals surface area (Å²) in [6, 6.07) is 7.75. The zero-order valence-corrected chi connectivity index (χ0v) is 12.1. The molecule has 2 rings (SSSR count). The maximum atomic E-state index is 12.0. The van der Waals surface area contributed by atoms with Gasteiger partial charge in [0.1, 0.15) is 0 Å². The molecule has 0 saturated heterocycles. The van der Waals surface area contributed by atoms with E-state index in [9.17, 15) is 9.59 Å². The Hall–Kier alpha value is -2.10. The van der Waals surface area contributed by atoms with Crippen LogP contribution in [0.3, 0.4) is 0 Å². The van der Waals surface area contributed by atoms with Crippen molar-refractivity contribution in [2.45, 2.75) is 33.7 Å². The van der Waals surface area contributed by atoms with Crippen LogP contribution in [0.1, 0.15) is 31.4 Å². The lowest BCUT2D eigenvalue weighted by atomic mass is 10.1. The lowest BCUT2D eigenvalue weighted by molar-refractivity contribution is -0.121. The SMILES string of the molecule is Cc1ccc2cc(CNC(=O)CC(C)C)c(=O)[nH]c2c1. The molecule has 0 aliphatic rings. The summed E-state index contributed by atoms with van der Waals surface area (Å²) in [7, 11) is 0. The van der Waals surface area contributed by atoms with Crippen molar-refractivity contribution in [3.8, 4) is 0 Å². The summed E-state index contributed by atoms with van der Waals surface area (Å²) >= 11 is 0. The van der Waals surface area contributed by atoms with E-state index in [1.165, 1.54) is 0 Å². The first-order valence-electron chi connectivity index (χ1n) is 6.85. The number of H-pyrrole nitrogens is 1. The number of carbonyl (C=O) groups excluding carboxylic acids is 1. The smallest absolute Gasteiger partial charge is 0.253 e. The zero-order valence-electron chi connectivity index (χ0n) is 12.1. The minimum absolute atomic E-state index is 0.0246. The third-order valence-electron chi connectivity index (χ3n) is 3.15. The Bertz CT molecular complexity index is 686. The molecule has 1 aromatic carbocycles. The van der Waals surface area contributed by atoms with Crippen molar-refractivity contribution in [3.63, 3.8) is 0 Å². The van der Waals surface area contributed by atoms with E-state index in [4.69, 9.17) is 0 Å². The Balaban J connectivity index is 2.18. The predicted octanol–water partition coefficient (Wildman–Crippen LogP) is 2.50. The second-order valence-corrected chi connectivity index (χ2v) is 5.59. The quantitative estimate of drug-likeness (QED) is 0.898. The molecule has 1 aromatic heterocycles. The Morgan fingerprint density at radius 2 is 2.05 bits per heavy atom. The molecule has 0 aliphatic carbocycles. The molecule has 0 aliphatic heterocycles. The molecule has 0 fully saturated rings. The van der Waals surface area contributed by atoms with Gasteiger partial charge in [0.2, 0.25) is 5.91 Å². The first-order chi connectivity index (χ1) is 9.45. The summed E-state index contributed by atoms with van der Waals surface area (Å²) in [5.41, 5.74) is 2.37. The first-order valence-corrected chi connectivity index (χ1v) is 6.85. The summed E-state index contributed by atoms with van der Waals surface area (Å²) in [6.45, 7) is 6.23. The van der Waals surface area contributed by atoms with E-state index in [1.54, 1.807) is 0 Å². The Kier molecular flexibility index (Phi) is 4.23. The minimum atomic E-state index is -0.145. The van der Waals surface area contributed by atoms with Crippen LogP contribution >= 0.6 is 0 Å². The number of benzene rings is 1. The van der Waals surface area contributed by atoms with Crippen molar-refractivity contribution >= 4 is 16.8 Å². The third-order valence-corrected chi connectivity index (χ3v) is 3.15. The minimum Gasteiger partial charge on any atom is -0.352 e. The number of amides is 1. The number of pyridine rings is 1. The maximum absolute atomic E-state index is 12.0. The van der Waals surface area contributed by atoms with E-state index in [0.717, 1.165) is 16.5 Å². The van der Waals surface area contributed by atoms with E-state index in [2.05, 4.69) is 10.3 Å². The van der Waals surface area contributed by atoms with E-state index in [0.29, 0.717) is 17.9 Å². The van der Waals surface area contributed by atoms with Gasteiger partial charge in [-0.3, -0.25) is 9.59 Å². The average Bonchev–Trinajstić information content (AvgIpc) is 2.35. The molecule has 0 atom stereocenters. The van der Waals surface area contributed by atoms with Crippen LogP contribution < -0.4 is 10.9 Å². The standard InChI is InChI=1S/C16H20N2O2/c1-10(2)6-15(19)17-9-13-8-12-5-4-11(3)7-14(12)18-16(13)20/h4-5,7-8,10H,6,9H2,1-3H3,(H,17,19)(H,18,20). The predicted molar refractivity (Wildman–Crippen MR) is 80.6 cm³/mol. The van der Waals surface area contributed by atoms with Gasteiger partial charge in [-0.25, -0.2) is 0 Å². The van der Waals surface area contributed by atoms with Crippen molar-refractivity contribution in [2.24, 2.45) is 5.92 Å². The fourth-order valence-electron chi connectivity index (χ4n) is 2.13. The first kappa shape index (κ1) is 14.3. The van der Waals surface area contributed by atoms with Crippen LogP contribution in [0, 0.1) is 12.8 Å². The number of hydrogen-bond donors (Lipinski definition) is 2. The van der Waals surface area contributed by atoms with Gasteiger partial charge in [0.15, 0.2) is 0 Å². The summed E-state index contributed by atoms with van der Waals surface area (Å²) in [6.07, 6.45) is 0.477. The van der Waals surface area contributed by atoms with Gasteiger partial charge in [0.25, 0.3) is 5.56 Å². The highest BCUT2D eigenvalue weighted by Crippen LogP contribution is 2.13. The molecule has 4 heteroatoms. The number of carbonyl (C=O) groups is 1. The van der Waals surface area contributed by atoms with Crippen LogP contribution in [-0.4, -0.2) is 10.9 Å². The van der Waals surface area contributed by atoms with Crippen LogP contribution in [-0.2, 0) is 11.3 Å². The topological polar surface area (TPSA) is 62.0 Å². The number of aromatic nitrogens is 1. The number of hydrogen-bond acceptors (Lipinski definition) is 2. The Labute approximate surface area is 118 Å². The largest absolute Gasteiger partial charge is 0.352 e. The van der Waals surface area contributed by atoms with Gasteiger partial charge in [-0.2, -0.15) is 0 Å². The van der Waals surface area contributed by atoms with Crippen molar-refractivity contribution < 1.29 is 4.79 Å². The molecule has 1 amide bonds. The van der Waals surface area contributed by atoms with Gasteiger partial charge in [-0.05, 0) is 35.9 Å². The van der Waals surface area contributed by atoms with Gasteiger partial charge < -0.3 is 10.3 Å². The fraction of sp³-hybridized carbons (Fsp3) is 0.375. The second kappa shape index (κ2) is 5.90. The third kappa shape index (κ3) is 3.47. The van der Waals surface area contributed by atoms with Crippen LogP contribution in [0.5, 0.6) is 0 Å². The Morgan fingerprint density at radius 3 is 2.75 bits per heavy atom. The molecule has 106 valence electrons. The summed E-state index contributed by atoms with van der Waals surface area (Å²) < 4.78 is 0. The van der Waals surface area contributed by atoms with E-state index in [-0.39, 0.29) is 18.0 Å². The van der Waals surface area contributed by atoms with Crippen LogP contribution in [0.4, 0.5) is 0 Å². The van der Waals surface area contributed by atoms with Crippen LogP contribution in [0.15, 0.2) is 29.1 Å². The molecule has 2 N–H and O–H groups in total. The highest BCUT2D eigenvalue weighted by Gasteiger charge is 2.07. The molecule has 1 heterocycles. The van der Waals surface area contributed by atoms with Crippen LogP contribution in [0.2, 0.25) is 0 Å². The van der Waals surface area contributed by atoms with E-state index >= 15 is 0 Å². The summed E-state index contributed by atoms with van der Waals surface area (Å²) in [4.78, 5) is 26.5. The molecule has 0 bridgehead atoms.